The van der Waals surface area contributed by atoms with Crippen LogP contribution in [0.4, 0.5) is 17.1 Å². The van der Waals surface area contributed by atoms with Gasteiger partial charge >= 0.3 is 0 Å². The number of rotatable bonds is 5. The van der Waals surface area contributed by atoms with Crippen LogP contribution in [0.25, 0.3) is 44.5 Å². The van der Waals surface area contributed by atoms with Gasteiger partial charge in [-0.25, -0.2) is 0 Å². The zero-order valence-corrected chi connectivity index (χ0v) is 31.5. The van der Waals surface area contributed by atoms with E-state index in [0.717, 1.165) is 39.5 Å². The highest BCUT2D eigenvalue weighted by atomic mass is 16.6. The van der Waals surface area contributed by atoms with Crippen molar-refractivity contribution in [2.24, 2.45) is 0 Å². The summed E-state index contributed by atoms with van der Waals surface area (Å²) in [5.41, 5.74) is 16.9. The molecular weight excluding hydrogens is 707 g/mol. The summed E-state index contributed by atoms with van der Waals surface area (Å²) in [5, 5.41) is 0. The third-order valence-corrected chi connectivity index (χ3v) is 12.1. The number of benzene rings is 9. The van der Waals surface area contributed by atoms with Crippen LogP contribution < -0.4 is 14.4 Å². The van der Waals surface area contributed by atoms with Crippen molar-refractivity contribution in [3.63, 3.8) is 0 Å². The predicted molar refractivity (Wildman–Crippen MR) is 235 cm³/mol. The van der Waals surface area contributed by atoms with Crippen molar-refractivity contribution < 1.29 is 9.47 Å². The smallest absolute Gasteiger partial charge is 0.194 e. The molecule has 0 amide bonds. The number of anilines is 3. The van der Waals surface area contributed by atoms with Gasteiger partial charge in [0.15, 0.2) is 23.0 Å². The van der Waals surface area contributed by atoms with Gasteiger partial charge in [0.1, 0.15) is 0 Å². The molecule has 1 aliphatic heterocycles. The molecule has 0 saturated carbocycles. The zero-order chi connectivity index (χ0) is 38.2. The molecule has 1 spiro atoms. The molecule has 58 heavy (non-hydrogen) atoms. The summed E-state index contributed by atoms with van der Waals surface area (Å²) in [6, 6.07) is 75.6. The Bertz CT molecular complexity index is 3030. The number of hydrogen-bond acceptors (Lipinski definition) is 3. The molecule has 9 aromatic carbocycles. The summed E-state index contributed by atoms with van der Waals surface area (Å²) >= 11 is 0. The molecule has 0 radical (unpaired) electrons. The second-order valence-corrected chi connectivity index (χ2v) is 15.1. The van der Waals surface area contributed by atoms with E-state index in [1.165, 1.54) is 50.1 Å². The highest BCUT2D eigenvalue weighted by Crippen LogP contribution is 2.66. The fourth-order valence-electron chi connectivity index (χ4n) is 9.79. The van der Waals surface area contributed by atoms with E-state index in [-0.39, 0.29) is 0 Å². The van der Waals surface area contributed by atoms with Gasteiger partial charge in [-0.15, -0.1) is 0 Å². The van der Waals surface area contributed by atoms with Crippen LogP contribution in [0.2, 0.25) is 0 Å². The number of fused-ring (bicyclic) bond motifs is 13. The summed E-state index contributed by atoms with van der Waals surface area (Å²) in [5.74, 6) is 2.79. The number of nitrogens with zero attached hydrogens (tertiary/aromatic N) is 1. The van der Waals surface area contributed by atoms with Crippen LogP contribution in [0.3, 0.4) is 0 Å². The van der Waals surface area contributed by atoms with Crippen LogP contribution in [0.1, 0.15) is 22.3 Å². The summed E-state index contributed by atoms with van der Waals surface area (Å²) in [4.78, 5) is 2.29. The van der Waals surface area contributed by atoms with Crippen molar-refractivity contribution in [2.75, 3.05) is 4.90 Å². The van der Waals surface area contributed by atoms with Gasteiger partial charge in [0.05, 0.1) is 16.8 Å². The Balaban J connectivity index is 1.02. The van der Waals surface area contributed by atoms with Crippen LogP contribution in [0.15, 0.2) is 212 Å². The minimum atomic E-state index is -0.467. The van der Waals surface area contributed by atoms with E-state index in [1.807, 2.05) is 6.07 Å². The van der Waals surface area contributed by atoms with Crippen molar-refractivity contribution in [3.05, 3.63) is 235 Å². The summed E-state index contributed by atoms with van der Waals surface area (Å²) in [6.45, 7) is 0. The Morgan fingerprint density at radius 3 is 1.59 bits per heavy atom. The third kappa shape index (κ3) is 4.62. The lowest BCUT2D eigenvalue weighted by Crippen LogP contribution is -2.25. The van der Waals surface area contributed by atoms with Crippen LogP contribution >= 0.6 is 0 Å². The molecule has 3 heteroatoms. The number of para-hydroxylation sites is 3. The van der Waals surface area contributed by atoms with E-state index in [9.17, 15) is 0 Å². The normalized spacial score (nSPS) is 13.2. The average molecular weight is 742 g/mol. The Hall–Kier alpha value is -7.62. The molecule has 0 bridgehead atoms. The molecule has 272 valence electrons. The van der Waals surface area contributed by atoms with Gasteiger partial charge in [0.2, 0.25) is 0 Å². The molecule has 1 heterocycles. The second kappa shape index (κ2) is 12.7. The van der Waals surface area contributed by atoms with Crippen LogP contribution in [-0.2, 0) is 5.41 Å². The van der Waals surface area contributed by atoms with Gasteiger partial charge in [-0.3, -0.25) is 0 Å². The summed E-state index contributed by atoms with van der Waals surface area (Å²) < 4.78 is 14.3. The monoisotopic (exact) mass is 741 g/mol. The van der Waals surface area contributed by atoms with Crippen molar-refractivity contribution in [2.45, 2.75) is 5.41 Å². The number of ether oxygens (including phenoxy) is 2. The van der Waals surface area contributed by atoms with E-state index in [0.29, 0.717) is 17.2 Å². The first-order valence-corrected chi connectivity index (χ1v) is 19.8. The lowest BCUT2D eigenvalue weighted by atomic mass is 9.70. The lowest BCUT2D eigenvalue weighted by Gasteiger charge is -2.33. The van der Waals surface area contributed by atoms with Gasteiger partial charge in [-0.2, -0.15) is 0 Å². The fourth-order valence-corrected chi connectivity index (χ4v) is 9.79. The Morgan fingerprint density at radius 2 is 0.845 bits per heavy atom. The number of hydrogen-bond donors (Lipinski definition) is 0. The lowest BCUT2D eigenvalue weighted by molar-refractivity contribution is 0.361. The fraction of sp³-hybridized carbons (Fsp3) is 0.0182. The molecule has 0 aromatic heterocycles. The van der Waals surface area contributed by atoms with E-state index >= 15 is 0 Å². The molecule has 3 aliphatic rings. The third-order valence-electron chi connectivity index (χ3n) is 12.1. The summed E-state index contributed by atoms with van der Waals surface area (Å²) in [7, 11) is 0. The highest BCUT2D eigenvalue weighted by Gasteiger charge is 2.53. The molecule has 3 nitrogen and oxygen atoms in total. The van der Waals surface area contributed by atoms with Crippen LogP contribution in [-0.4, -0.2) is 0 Å². The Labute approximate surface area is 337 Å². The zero-order valence-electron chi connectivity index (χ0n) is 31.5. The van der Waals surface area contributed by atoms with Gasteiger partial charge in [-0.05, 0) is 98.1 Å². The van der Waals surface area contributed by atoms with Gasteiger partial charge in [0, 0.05) is 16.8 Å². The SMILES string of the molecule is c1ccc(-c2cccc(-c3ccccc3N(c3ccccc3)c3cccc4c3Oc3ccc5c(c3O4)-c3ccccc3C53c4ccccc4-c4ccccc43)c2)cc1. The molecule has 0 N–H and O–H groups in total. The minimum absolute atomic E-state index is 0.467. The van der Waals surface area contributed by atoms with Crippen LogP contribution in [0, 0.1) is 0 Å². The van der Waals surface area contributed by atoms with E-state index in [1.54, 1.807) is 0 Å². The second-order valence-electron chi connectivity index (χ2n) is 15.1. The first kappa shape index (κ1) is 32.6. The molecule has 0 saturated heterocycles. The quantitative estimate of drug-likeness (QED) is 0.175. The van der Waals surface area contributed by atoms with E-state index in [4.69, 9.17) is 9.47 Å². The maximum Gasteiger partial charge on any atom is 0.194 e. The van der Waals surface area contributed by atoms with Crippen molar-refractivity contribution in [3.8, 4) is 67.5 Å². The topological polar surface area (TPSA) is 21.7 Å². The first-order valence-electron chi connectivity index (χ1n) is 19.8. The highest BCUT2D eigenvalue weighted by molar-refractivity contribution is 5.98. The molecule has 0 atom stereocenters. The van der Waals surface area contributed by atoms with Crippen molar-refractivity contribution in [1.82, 2.24) is 0 Å². The van der Waals surface area contributed by atoms with Crippen molar-refractivity contribution in [1.29, 1.82) is 0 Å². The first-order chi connectivity index (χ1) is 28.8. The maximum absolute atomic E-state index is 7.15. The minimum Gasteiger partial charge on any atom is -0.449 e. The van der Waals surface area contributed by atoms with E-state index < -0.39 is 5.41 Å². The molecule has 0 unspecified atom stereocenters. The van der Waals surface area contributed by atoms with Crippen molar-refractivity contribution >= 4 is 17.1 Å². The van der Waals surface area contributed by atoms with Gasteiger partial charge < -0.3 is 14.4 Å². The standard InChI is InChI=1S/C55H35NO2/c1-3-17-36(18-4-1)37-19-15-20-38(35-37)40-23-10-14-30-48(40)56(39-21-5-2-6-22-39)49-31-16-32-50-53(49)57-51-34-33-47-52(54(51)58-50)43-26-9-13-29-46(43)55(47)44-27-11-7-24-41(44)42-25-8-12-28-45(42)55/h1-35H. The van der Waals surface area contributed by atoms with Gasteiger partial charge in [0.25, 0.3) is 0 Å². The molecule has 9 aromatic rings. The Morgan fingerprint density at radius 1 is 0.328 bits per heavy atom. The molecule has 0 fully saturated rings. The molecule has 2 aliphatic carbocycles. The maximum atomic E-state index is 7.15. The largest absolute Gasteiger partial charge is 0.449 e. The summed E-state index contributed by atoms with van der Waals surface area (Å²) in [6.07, 6.45) is 0. The Kier molecular flexibility index (Phi) is 7.14. The molecular formula is C55H35NO2. The average Bonchev–Trinajstić information content (AvgIpc) is 3.77. The van der Waals surface area contributed by atoms with E-state index in [2.05, 4.69) is 211 Å². The predicted octanol–water partition coefficient (Wildman–Crippen LogP) is 14.7. The van der Waals surface area contributed by atoms with Crippen LogP contribution in [0.5, 0.6) is 23.0 Å². The van der Waals surface area contributed by atoms with Gasteiger partial charge in [-0.1, -0.05) is 170 Å². The molecule has 12 rings (SSSR count).